The van der Waals surface area contributed by atoms with Gasteiger partial charge in [0.15, 0.2) is 0 Å². The number of aromatic nitrogens is 1. The SMILES string of the molecule is N#Cc1c(C[NH+]2CCOCC2)cn2ccccc12. The lowest BCUT2D eigenvalue weighted by molar-refractivity contribution is -0.921. The Kier molecular flexibility index (Phi) is 3.01. The van der Waals surface area contributed by atoms with Gasteiger partial charge in [-0.1, -0.05) is 6.07 Å². The Balaban J connectivity index is 1.93. The van der Waals surface area contributed by atoms with Crippen LogP contribution in [0.4, 0.5) is 0 Å². The molecule has 0 spiro atoms. The van der Waals surface area contributed by atoms with Crippen LogP contribution in [0.25, 0.3) is 5.52 Å². The molecule has 0 unspecified atom stereocenters. The van der Waals surface area contributed by atoms with Crippen molar-refractivity contribution in [2.24, 2.45) is 0 Å². The molecule has 1 N–H and O–H groups in total. The predicted octanol–water partition coefficient (Wildman–Crippen LogP) is 0.226. The first-order valence-electron chi connectivity index (χ1n) is 6.28. The lowest BCUT2D eigenvalue weighted by Gasteiger charge is -2.23. The molecule has 1 aliphatic rings. The highest BCUT2D eigenvalue weighted by Gasteiger charge is 2.18. The number of rotatable bonds is 2. The Morgan fingerprint density at radius 2 is 2.17 bits per heavy atom. The third-order valence-electron chi connectivity index (χ3n) is 3.51. The number of nitrogens with one attached hydrogen (secondary N) is 1. The molecule has 18 heavy (non-hydrogen) atoms. The molecule has 92 valence electrons. The Bertz CT molecular complexity index is 591. The van der Waals surface area contributed by atoms with Crippen molar-refractivity contribution in [2.75, 3.05) is 26.3 Å². The number of nitrogens with zero attached hydrogens (tertiary/aromatic N) is 2. The van der Waals surface area contributed by atoms with Crippen LogP contribution in [0.2, 0.25) is 0 Å². The molecule has 4 heteroatoms. The van der Waals surface area contributed by atoms with E-state index in [2.05, 4.69) is 12.3 Å². The smallest absolute Gasteiger partial charge is 0.106 e. The van der Waals surface area contributed by atoms with E-state index in [9.17, 15) is 5.26 Å². The van der Waals surface area contributed by atoms with Crippen LogP contribution in [0.1, 0.15) is 11.1 Å². The lowest BCUT2D eigenvalue weighted by Crippen LogP contribution is -3.12. The maximum atomic E-state index is 9.34. The van der Waals surface area contributed by atoms with Gasteiger partial charge in [0.25, 0.3) is 0 Å². The second-order valence-electron chi connectivity index (χ2n) is 4.67. The van der Waals surface area contributed by atoms with E-state index < -0.39 is 0 Å². The topological polar surface area (TPSA) is 41.9 Å². The van der Waals surface area contributed by atoms with Crippen molar-refractivity contribution >= 4 is 5.52 Å². The fourth-order valence-electron chi connectivity index (χ4n) is 2.55. The molecular formula is C14H16N3O+. The van der Waals surface area contributed by atoms with Crippen LogP contribution in [-0.2, 0) is 11.3 Å². The fourth-order valence-corrected chi connectivity index (χ4v) is 2.55. The summed E-state index contributed by atoms with van der Waals surface area (Å²) in [5.41, 5.74) is 2.96. The van der Waals surface area contributed by atoms with Crippen molar-refractivity contribution in [3.05, 3.63) is 41.7 Å². The van der Waals surface area contributed by atoms with E-state index in [1.54, 1.807) is 0 Å². The quantitative estimate of drug-likeness (QED) is 0.819. The lowest BCUT2D eigenvalue weighted by atomic mass is 10.1. The summed E-state index contributed by atoms with van der Waals surface area (Å²) < 4.78 is 7.40. The van der Waals surface area contributed by atoms with Crippen LogP contribution < -0.4 is 4.90 Å². The van der Waals surface area contributed by atoms with Crippen LogP contribution >= 0.6 is 0 Å². The van der Waals surface area contributed by atoms with E-state index in [0.717, 1.165) is 49.5 Å². The molecule has 0 radical (unpaired) electrons. The molecule has 2 aromatic heterocycles. The second kappa shape index (κ2) is 4.81. The van der Waals surface area contributed by atoms with Crippen LogP contribution in [-0.4, -0.2) is 30.7 Å². The molecule has 0 amide bonds. The van der Waals surface area contributed by atoms with Crippen molar-refractivity contribution in [3.63, 3.8) is 0 Å². The van der Waals surface area contributed by atoms with Crippen LogP contribution in [0.3, 0.4) is 0 Å². The molecule has 0 bridgehead atoms. The number of quaternary nitrogens is 1. The monoisotopic (exact) mass is 242 g/mol. The third kappa shape index (κ3) is 1.99. The third-order valence-corrected chi connectivity index (χ3v) is 3.51. The number of ether oxygens (including phenoxy) is 1. The number of morpholine rings is 1. The molecule has 4 nitrogen and oxygen atoms in total. The zero-order chi connectivity index (χ0) is 12.4. The summed E-state index contributed by atoms with van der Waals surface area (Å²) in [7, 11) is 0. The Labute approximate surface area is 106 Å². The summed E-state index contributed by atoms with van der Waals surface area (Å²) in [6, 6.07) is 8.30. The van der Waals surface area contributed by atoms with Gasteiger partial charge in [-0.05, 0) is 12.1 Å². The van der Waals surface area contributed by atoms with Crippen LogP contribution in [0, 0.1) is 11.3 Å². The summed E-state index contributed by atoms with van der Waals surface area (Å²) in [6.45, 7) is 4.61. The highest BCUT2D eigenvalue weighted by atomic mass is 16.5. The average molecular weight is 242 g/mol. The molecule has 0 aliphatic carbocycles. The van der Waals surface area contributed by atoms with Crippen molar-refractivity contribution in [2.45, 2.75) is 6.54 Å². The molecule has 3 heterocycles. The van der Waals surface area contributed by atoms with Crippen LogP contribution in [0.5, 0.6) is 0 Å². The van der Waals surface area contributed by atoms with Crippen molar-refractivity contribution < 1.29 is 9.64 Å². The highest BCUT2D eigenvalue weighted by Crippen LogP contribution is 2.16. The minimum Gasteiger partial charge on any atom is -0.370 e. The first kappa shape index (κ1) is 11.3. The van der Waals surface area contributed by atoms with Gasteiger partial charge < -0.3 is 14.0 Å². The number of pyridine rings is 1. The van der Waals surface area contributed by atoms with E-state index in [0.29, 0.717) is 0 Å². The Morgan fingerprint density at radius 3 is 2.94 bits per heavy atom. The molecule has 0 atom stereocenters. The van der Waals surface area contributed by atoms with Gasteiger partial charge in [-0.15, -0.1) is 0 Å². The van der Waals surface area contributed by atoms with Crippen molar-refractivity contribution in [1.29, 1.82) is 5.26 Å². The van der Waals surface area contributed by atoms with Gasteiger partial charge in [-0.2, -0.15) is 5.26 Å². The molecule has 1 saturated heterocycles. The second-order valence-corrected chi connectivity index (χ2v) is 4.67. The molecule has 2 aromatic rings. The molecule has 3 rings (SSSR count). The first-order chi connectivity index (χ1) is 8.88. The molecule has 0 aromatic carbocycles. The maximum Gasteiger partial charge on any atom is 0.106 e. The summed E-state index contributed by atoms with van der Waals surface area (Å²) in [6.07, 6.45) is 4.07. The van der Waals surface area contributed by atoms with Crippen LogP contribution in [0.15, 0.2) is 30.6 Å². The molecule has 1 fully saturated rings. The minimum atomic E-state index is 0.814. The van der Waals surface area contributed by atoms with Gasteiger partial charge in [0.05, 0.1) is 24.3 Å². The Hall–Kier alpha value is -1.83. The van der Waals surface area contributed by atoms with Gasteiger partial charge in [-0.25, -0.2) is 0 Å². The standard InChI is InChI=1S/C14H15N3O/c15-9-13-12(10-16-5-7-18-8-6-16)11-17-4-2-1-3-14(13)17/h1-4,11H,5-8,10H2/p+1. The van der Waals surface area contributed by atoms with Crippen molar-refractivity contribution in [3.8, 4) is 6.07 Å². The highest BCUT2D eigenvalue weighted by molar-refractivity contribution is 5.64. The average Bonchev–Trinajstić information content (AvgIpc) is 2.77. The van der Waals surface area contributed by atoms with E-state index in [-0.39, 0.29) is 0 Å². The number of hydrogen-bond donors (Lipinski definition) is 1. The van der Waals surface area contributed by atoms with Crippen molar-refractivity contribution in [1.82, 2.24) is 4.40 Å². The zero-order valence-corrected chi connectivity index (χ0v) is 10.2. The van der Waals surface area contributed by atoms with Gasteiger partial charge in [0.2, 0.25) is 0 Å². The van der Waals surface area contributed by atoms with E-state index in [1.807, 2.05) is 28.8 Å². The van der Waals surface area contributed by atoms with Gasteiger partial charge >= 0.3 is 0 Å². The summed E-state index contributed by atoms with van der Waals surface area (Å²) >= 11 is 0. The van der Waals surface area contributed by atoms with Gasteiger partial charge in [-0.3, -0.25) is 0 Å². The van der Waals surface area contributed by atoms with E-state index >= 15 is 0 Å². The molecule has 1 aliphatic heterocycles. The van der Waals surface area contributed by atoms with E-state index in [1.165, 1.54) is 4.90 Å². The first-order valence-corrected chi connectivity index (χ1v) is 6.28. The summed E-state index contributed by atoms with van der Waals surface area (Å²) in [4.78, 5) is 1.49. The zero-order valence-electron chi connectivity index (χ0n) is 10.2. The van der Waals surface area contributed by atoms with E-state index in [4.69, 9.17) is 4.74 Å². The number of hydrogen-bond acceptors (Lipinski definition) is 2. The number of fused-ring (bicyclic) bond motifs is 1. The molecular weight excluding hydrogens is 226 g/mol. The summed E-state index contributed by atoms with van der Waals surface area (Å²) in [5, 5.41) is 9.34. The normalized spacial score (nSPS) is 16.8. The number of nitriles is 1. The van der Waals surface area contributed by atoms with Gasteiger partial charge in [0.1, 0.15) is 25.7 Å². The molecule has 0 saturated carbocycles. The maximum absolute atomic E-state index is 9.34. The van der Waals surface area contributed by atoms with Gasteiger partial charge in [0, 0.05) is 18.0 Å². The largest absolute Gasteiger partial charge is 0.370 e. The Morgan fingerprint density at radius 1 is 1.33 bits per heavy atom. The predicted molar refractivity (Wildman–Crippen MR) is 67.3 cm³/mol. The fraction of sp³-hybridized carbons (Fsp3) is 0.357. The minimum absolute atomic E-state index is 0.814. The summed E-state index contributed by atoms with van der Waals surface area (Å²) in [5.74, 6) is 0.